The lowest BCUT2D eigenvalue weighted by Gasteiger charge is -2.03. The van der Waals surface area contributed by atoms with Crippen molar-refractivity contribution in [1.29, 1.82) is 0 Å². The highest BCUT2D eigenvalue weighted by atomic mass is 19.1. The van der Waals surface area contributed by atoms with Crippen molar-refractivity contribution < 1.29 is 13.9 Å². The van der Waals surface area contributed by atoms with Crippen LogP contribution in [0.25, 0.3) is 6.08 Å². The summed E-state index contributed by atoms with van der Waals surface area (Å²) in [6.07, 6.45) is 3.08. The van der Waals surface area contributed by atoms with E-state index in [1.807, 2.05) is 24.3 Å². The second-order valence-corrected chi connectivity index (χ2v) is 4.56. The number of anilines is 1. The maximum atomic E-state index is 13.4. The van der Waals surface area contributed by atoms with Crippen LogP contribution in [-0.4, -0.2) is 13.0 Å². The van der Waals surface area contributed by atoms with Crippen molar-refractivity contribution in [2.75, 3.05) is 12.4 Å². The summed E-state index contributed by atoms with van der Waals surface area (Å²) in [6, 6.07) is 11.9. The lowest BCUT2D eigenvalue weighted by atomic mass is 10.2. The Kier molecular flexibility index (Phi) is 4.72. The number of carbonyl (C=O) groups excluding carboxylic acids is 1. The van der Waals surface area contributed by atoms with Crippen molar-refractivity contribution in [2.45, 2.75) is 6.92 Å². The fourth-order valence-electron chi connectivity index (χ4n) is 1.74. The number of hydrogen-bond donors (Lipinski definition) is 1. The standard InChI is InChI=1S/C17H16FNO2/c1-12-3-7-14(11-16(12)18)19-17(20)10-6-13-4-8-15(21-2)9-5-13/h3-11H,1-2H3,(H,19,20). The van der Waals surface area contributed by atoms with Gasteiger partial charge in [-0.05, 0) is 48.4 Å². The van der Waals surface area contributed by atoms with Crippen molar-refractivity contribution >= 4 is 17.7 Å². The third-order valence-electron chi connectivity index (χ3n) is 2.98. The van der Waals surface area contributed by atoms with Gasteiger partial charge in [-0.1, -0.05) is 18.2 Å². The summed E-state index contributed by atoms with van der Waals surface area (Å²) in [4.78, 5) is 11.8. The maximum absolute atomic E-state index is 13.4. The molecule has 0 aliphatic rings. The molecular weight excluding hydrogens is 269 g/mol. The molecule has 4 heteroatoms. The summed E-state index contributed by atoms with van der Waals surface area (Å²) < 4.78 is 18.4. The van der Waals surface area contributed by atoms with Crippen molar-refractivity contribution in [2.24, 2.45) is 0 Å². The number of aryl methyl sites for hydroxylation is 1. The molecule has 0 fully saturated rings. The molecule has 108 valence electrons. The van der Waals surface area contributed by atoms with Crippen LogP contribution in [0.3, 0.4) is 0 Å². The summed E-state index contributed by atoms with van der Waals surface area (Å²) in [5.74, 6) is 0.104. The number of hydrogen-bond acceptors (Lipinski definition) is 2. The molecule has 0 radical (unpaired) electrons. The summed E-state index contributed by atoms with van der Waals surface area (Å²) in [7, 11) is 1.60. The first-order valence-corrected chi connectivity index (χ1v) is 6.48. The van der Waals surface area contributed by atoms with E-state index in [9.17, 15) is 9.18 Å². The average Bonchev–Trinajstić information content (AvgIpc) is 2.49. The first kappa shape index (κ1) is 14.8. The Labute approximate surface area is 123 Å². The number of methoxy groups -OCH3 is 1. The molecule has 0 heterocycles. The number of rotatable bonds is 4. The first-order valence-electron chi connectivity index (χ1n) is 6.48. The van der Waals surface area contributed by atoms with Crippen molar-refractivity contribution in [3.63, 3.8) is 0 Å². The molecule has 2 aromatic rings. The van der Waals surface area contributed by atoms with Crippen molar-refractivity contribution in [3.8, 4) is 5.75 Å². The number of halogens is 1. The Morgan fingerprint density at radius 1 is 1.19 bits per heavy atom. The average molecular weight is 285 g/mol. The van der Waals surface area contributed by atoms with E-state index in [0.717, 1.165) is 11.3 Å². The van der Waals surface area contributed by atoms with Crippen molar-refractivity contribution in [1.82, 2.24) is 0 Å². The van der Waals surface area contributed by atoms with E-state index in [4.69, 9.17) is 4.74 Å². The minimum atomic E-state index is -0.341. The van der Waals surface area contributed by atoms with Crippen LogP contribution >= 0.6 is 0 Å². The number of carbonyl (C=O) groups is 1. The first-order chi connectivity index (χ1) is 10.1. The Morgan fingerprint density at radius 3 is 2.52 bits per heavy atom. The number of ether oxygens (including phenoxy) is 1. The van der Waals surface area contributed by atoms with E-state index in [1.165, 1.54) is 12.1 Å². The molecule has 3 nitrogen and oxygen atoms in total. The molecule has 2 aromatic carbocycles. The van der Waals surface area contributed by atoms with Crippen LogP contribution in [0.1, 0.15) is 11.1 Å². The molecule has 21 heavy (non-hydrogen) atoms. The van der Waals surface area contributed by atoms with E-state index in [2.05, 4.69) is 5.32 Å². The largest absolute Gasteiger partial charge is 0.497 e. The molecule has 0 aliphatic heterocycles. The van der Waals surface area contributed by atoms with E-state index >= 15 is 0 Å². The zero-order chi connectivity index (χ0) is 15.2. The minimum Gasteiger partial charge on any atom is -0.497 e. The number of amides is 1. The maximum Gasteiger partial charge on any atom is 0.248 e. The predicted molar refractivity (Wildman–Crippen MR) is 81.8 cm³/mol. The highest BCUT2D eigenvalue weighted by Crippen LogP contribution is 2.14. The molecule has 1 amide bonds. The van der Waals surface area contributed by atoms with Gasteiger partial charge in [-0.25, -0.2) is 4.39 Å². The molecule has 0 saturated heterocycles. The van der Waals surface area contributed by atoms with Crippen LogP contribution in [0.15, 0.2) is 48.5 Å². The molecule has 0 atom stereocenters. The van der Waals surface area contributed by atoms with Gasteiger partial charge in [-0.3, -0.25) is 4.79 Å². The summed E-state index contributed by atoms with van der Waals surface area (Å²) >= 11 is 0. The van der Waals surface area contributed by atoms with Crippen molar-refractivity contribution in [3.05, 3.63) is 65.5 Å². The van der Waals surface area contributed by atoms with E-state index in [1.54, 1.807) is 32.2 Å². The second kappa shape index (κ2) is 6.70. The molecule has 0 bridgehead atoms. The van der Waals surface area contributed by atoms with Gasteiger partial charge in [0, 0.05) is 11.8 Å². The summed E-state index contributed by atoms with van der Waals surface area (Å²) in [6.45, 7) is 1.67. The van der Waals surface area contributed by atoms with E-state index in [0.29, 0.717) is 11.3 Å². The molecule has 0 spiro atoms. The Morgan fingerprint density at radius 2 is 1.90 bits per heavy atom. The van der Waals surface area contributed by atoms with Gasteiger partial charge in [0.05, 0.1) is 7.11 Å². The van der Waals surface area contributed by atoms with E-state index in [-0.39, 0.29) is 11.7 Å². The molecule has 0 aliphatic carbocycles. The normalized spacial score (nSPS) is 10.6. The summed E-state index contributed by atoms with van der Waals surface area (Å²) in [5, 5.41) is 2.61. The van der Waals surface area contributed by atoms with Gasteiger partial charge >= 0.3 is 0 Å². The third-order valence-corrected chi connectivity index (χ3v) is 2.98. The molecule has 0 unspecified atom stereocenters. The number of nitrogens with one attached hydrogen (secondary N) is 1. The number of benzene rings is 2. The second-order valence-electron chi connectivity index (χ2n) is 4.56. The summed E-state index contributed by atoms with van der Waals surface area (Å²) in [5.41, 5.74) is 1.85. The van der Waals surface area contributed by atoms with Gasteiger partial charge in [0.1, 0.15) is 11.6 Å². The van der Waals surface area contributed by atoms with Gasteiger partial charge in [0.2, 0.25) is 5.91 Å². The minimum absolute atomic E-state index is 0.311. The Hall–Kier alpha value is -2.62. The monoisotopic (exact) mass is 285 g/mol. The SMILES string of the molecule is COc1ccc(C=CC(=O)Nc2ccc(C)c(F)c2)cc1. The fraction of sp³-hybridized carbons (Fsp3) is 0.118. The topological polar surface area (TPSA) is 38.3 Å². The molecule has 0 saturated carbocycles. The van der Waals surface area contributed by atoms with Gasteiger partial charge in [-0.2, -0.15) is 0 Å². The van der Waals surface area contributed by atoms with Gasteiger partial charge in [-0.15, -0.1) is 0 Å². The molecular formula is C17H16FNO2. The van der Waals surface area contributed by atoms with Crippen LogP contribution < -0.4 is 10.1 Å². The Balaban J connectivity index is 1.99. The van der Waals surface area contributed by atoms with Gasteiger partial charge in [0.15, 0.2) is 0 Å². The van der Waals surface area contributed by atoms with Gasteiger partial charge in [0.25, 0.3) is 0 Å². The smallest absolute Gasteiger partial charge is 0.248 e. The quantitative estimate of drug-likeness (QED) is 0.868. The highest BCUT2D eigenvalue weighted by Gasteiger charge is 2.01. The molecule has 1 N–H and O–H groups in total. The lowest BCUT2D eigenvalue weighted by Crippen LogP contribution is -2.08. The highest BCUT2D eigenvalue weighted by molar-refractivity contribution is 6.01. The Bertz CT molecular complexity index is 663. The fourth-order valence-corrected chi connectivity index (χ4v) is 1.74. The van der Waals surface area contributed by atoms with Gasteiger partial charge < -0.3 is 10.1 Å². The van der Waals surface area contributed by atoms with Crippen LogP contribution in [-0.2, 0) is 4.79 Å². The third kappa shape index (κ3) is 4.18. The predicted octanol–water partition coefficient (Wildman–Crippen LogP) is 3.79. The van der Waals surface area contributed by atoms with E-state index < -0.39 is 0 Å². The van der Waals surface area contributed by atoms with Crippen LogP contribution in [0.4, 0.5) is 10.1 Å². The lowest BCUT2D eigenvalue weighted by molar-refractivity contribution is -0.111. The molecule has 0 aromatic heterocycles. The zero-order valence-corrected chi connectivity index (χ0v) is 11.9. The molecule has 2 rings (SSSR count). The van der Waals surface area contributed by atoms with Crippen LogP contribution in [0.2, 0.25) is 0 Å². The van der Waals surface area contributed by atoms with Crippen LogP contribution in [0, 0.1) is 12.7 Å². The van der Waals surface area contributed by atoms with Crippen LogP contribution in [0.5, 0.6) is 5.75 Å². The zero-order valence-electron chi connectivity index (χ0n) is 11.9.